The number of halogens is 5. The summed E-state index contributed by atoms with van der Waals surface area (Å²) in [7, 11) is 0. The van der Waals surface area contributed by atoms with Gasteiger partial charge in [-0.15, -0.1) is 0 Å². The number of aliphatic imine (C=N–C) groups is 1. The van der Waals surface area contributed by atoms with E-state index in [9.17, 15) is 26.7 Å². The van der Waals surface area contributed by atoms with Crippen LogP contribution in [0.5, 0.6) is 0 Å². The number of carbonyl (C=O) groups excluding carboxylic acids is 1. The van der Waals surface area contributed by atoms with Gasteiger partial charge in [-0.05, 0) is 39.0 Å². The van der Waals surface area contributed by atoms with Crippen LogP contribution in [0, 0.1) is 17.8 Å². The van der Waals surface area contributed by atoms with Crippen LogP contribution in [0.1, 0.15) is 45.4 Å². The maximum absolute atomic E-state index is 13.7. The second-order valence-electron chi connectivity index (χ2n) is 8.64. The fourth-order valence-electron chi connectivity index (χ4n) is 4.79. The van der Waals surface area contributed by atoms with Crippen molar-refractivity contribution in [3.63, 3.8) is 0 Å². The number of alkyl halides is 5. The minimum Gasteiger partial charge on any atom is -0.380 e. The zero-order valence-corrected chi connectivity index (χ0v) is 18.1. The maximum atomic E-state index is 13.7. The van der Waals surface area contributed by atoms with Gasteiger partial charge >= 0.3 is 6.18 Å². The van der Waals surface area contributed by atoms with Crippen molar-refractivity contribution in [3.8, 4) is 0 Å². The van der Waals surface area contributed by atoms with Gasteiger partial charge in [-0.1, -0.05) is 6.42 Å². The number of rotatable bonds is 6. The first-order valence-corrected chi connectivity index (χ1v) is 11.3. The van der Waals surface area contributed by atoms with E-state index in [0.29, 0.717) is 26.1 Å². The van der Waals surface area contributed by atoms with Crippen LogP contribution in [0.25, 0.3) is 0 Å². The van der Waals surface area contributed by atoms with E-state index in [-0.39, 0.29) is 44.1 Å². The van der Waals surface area contributed by atoms with E-state index >= 15 is 0 Å². The Balaban J connectivity index is 1.65. The lowest BCUT2D eigenvalue weighted by atomic mass is 9.76. The van der Waals surface area contributed by atoms with E-state index in [2.05, 4.69) is 26.5 Å². The third-order valence-electron chi connectivity index (χ3n) is 6.51. The SMILES string of the molecule is CCOCCN=C(NC(=O)C1CCC(F)C(F)C1)NC1NNC2C1CCCC2C(F)(F)F. The molecular weight excluding hydrogens is 437 g/mol. The van der Waals surface area contributed by atoms with Gasteiger partial charge in [0.25, 0.3) is 0 Å². The van der Waals surface area contributed by atoms with Crippen LogP contribution in [0.15, 0.2) is 4.99 Å². The number of amides is 1. The van der Waals surface area contributed by atoms with Gasteiger partial charge in [0.1, 0.15) is 12.3 Å². The fraction of sp³-hybridized carbons (Fsp3) is 0.900. The number of hydrogen-bond acceptors (Lipinski definition) is 5. The van der Waals surface area contributed by atoms with Gasteiger partial charge in [0.2, 0.25) is 5.91 Å². The molecule has 4 N–H and O–H groups in total. The molecule has 2 aliphatic carbocycles. The van der Waals surface area contributed by atoms with E-state index in [1.54, 1.807) is 0 Å². The van der Waals surface area contributed by atoms with Crippen molar-refractivity contribution in [2.24, 2.45) is 22.7 Å². The summed E-state index contributed by atoms with van der Waals surface area (Å²) in [5.41, 5.74) is 5.62. The Bertz CT molecular complexity index is 665. The highest BCUT2D eigenvalue weighted by molar-refractivity contribution is 5.98. The molecule has 0 radical (unpaired) electrons. The first-order chi connectivity index (χ1) is 15.2. The molecular formula is C20H32F5N5O2. The molecule has 2 saturated carbocycles. The zero-order chi connectivity index (χ0) is 23.3. The van der Waals surface area contributed by atoms with Gasteiger partial charge in [-0.25, -0.2) is 14.2 Å². The highest BCUT2D eigenvalue weighted by Crippen LogP contribution is 2.42. The third kappa shape index (κ3) is 6.28. The number of hydrazine groups is 1. The molecule has 3 aliphatic rings. The van der Waals surface area contributed by atoms with Crippen LogP contribution in [0.2, 0.25) is 0 Å². The summed E-state index contributed by atoms with van der Waals surface area (Å²) >= 11 is 0. The summed E-state index contributed by atoms with van der Waals surface area (Å²) < 4.78 is 72.6. The molecule has 1 aliphatic heterocycles. The molecule has 0 bridgehead atoms. The number of ether oxygens (including phenoxy) is 1. The predicted molar refractivity (Wildman–Crippen MR) is 108 cm³/mol. The minimum absolute atomic E-state index is 0.0276. The summed E-state index contributed by atoms with van der Waals surface area (Å²) in [6.45, 7) is 2.84. The van der Waals surface area contributed by atoms with Crippen molar-refractivity contribution in [1.29, 1.82) is 0 Å². The number of hydrogen-bond donors (Lipinski definition) is 4. The number of guanidine groups is 1. The van der Waals surface area contributed by atoms with Crippen molar-refractivity contribution in [2.75, 3.05) is 19.8 Å². The molecule has 7 atom stereocenters. The summed E-state index contributed by atoms with van der Waals surface area (Å²) in [6.07, 6.45) is -7.04. The first-order valence-electron chi connectivity index (χ1n) is 11.3. The summed E-state index contributed by atoms with van der Waals surface area (Å²) in [5.74, 6) is -2.90. The van der Waals surface area contributed by atoms with Crippen molar-refractivity contribution < 1.29 is 31.5 Å². The zero-order valence-electron chi connectivity index (χ0n) is 18.1. The lowest BCUT2D eigenvalue weighted by Gasteiger charge is -2.35. The van der Waals surface area contributed by atoms with Crippen LogP contribution < -0.4 is 21.5 Å². The lowest BCUT2D eigenvalue weighted by Crippen LogP contribution is -2.54. The van der Waals surface area contributed by atoms with Crippen LogP contribution in [0.3, 0.4) is 0 Å². The normalized spacial score (nSPS) is 35.9. The number of nitrogens with zero attached hydrogens (tertiary/aromatic N) is 1. The highest BCUT2D eigenvalue weighted by Gasteiger charge is 2.53. The van der Waals surface area contributed by atoms with Crippen LogP contribution >= 0.6 is 0 Å². The monoisotopic (exact) mass is 469 g/mol. The van der Waals surface area contributed by atoms with Gasteiger partial charge < -0.3 is 10.1 Å². The van der Waals surface area contributed by atoms with Gasteiger partial charge in [-0.3, -0.25) is 20.5 Å². The van der Waals surface area contributed by atoms with E-state index < -0.39 is 48.5 Å². The quantitative estimate of drug-likeness (QED) is 0.208. The smallest absolute Gasteiger partial charge is 0.380 e. The largest absolute Gasteiger partial charge is 0.393 e. The molecule has 3 fully saturated rings. The molecule has 0 spiro atoms. The molecule has 0 aromatic heterocycles. The van der Waals surface area contributed by atoms with Gasteiger partial charge in [-0.2, -0.15) is 13.2 Å². The maximum Gasteiger partial charge on any atom is 0.393 e. The Morgan fingerprint density at radius 2 is 1.91 bits per heavy atom. The van der Waals surface area contributed by atoms with Crippen LogP contribution in [-0.4, -0.2) is 62.4 Å². The van der Waals surface area contributed by atoms with Crippen LogP contribution in [-0.2, 0) is 9.53 Å². The van der Waals surface area contributed by atoms with E-state index in [4.69, 9.17) is 4.74 Å². The Hall–Kier alpha value is -1.53. The topological polar surface area (TPSA) is 86.8 Å². The molecule has 0 aromatic rings. The summed E-state index contributed by atoms with van der Waals surface area (Å²) in [6, 6.07) is -0.784. The van der Waals surface area contributed by atoms with Gasteiger partial charge in [0, 0.05) is 24.5 Å². The fourth-order valence-corrected chi connectivity index (χ4v) is 4.79. The average Bonchev–Trinajstić information content (AvgIpc) is 3.15. The Morgan fingerprint density at radius 1 is 1.12 bits per heavy atom. The number of nitrogens with one attached hydrogen (secondary N) is 4. The molecule has 1 amide bonds. The molecule has 12 heteroatoms. The van der Waals surface area contributed by atoms with E-state index in [0.717, 1.165) is 0 Å². The molecule has 184 valence electrons. The second-order valence-corrected chi connectivity index (χ2v) is 8.64. The van der Waals surface area contributed by atoms with Crippen molar-refractivity contribution >= 4 is 11.9 Å². The summed E-state index contributed by atoms with van der Waals surface area (Å²) in [5, 5.41) is 5.64. The lowest BCUT2D eigenvalue weighted by molar-refractivity contribution is -0.191. The molecule has 1 saturated heterocycles. The van der Waals surface area contributed by atoms with Gasteiger partial charge in [0.15, 0.2) is 5.96 Å². The van der Waals surface area contributed by atoms with E-state index in [1.807, 2.05) is 6.92 Å². The molecule has 32 heavy (non-hydrogen) atoms. The van der Waals surface area contributed by atoms with Crippen LogP contribution in [0.4, 0.5) is 22.0 Å². The first kappa shape index (κ1) is 25.1. The standard InChI is InChI=1S/C20H32F5N5O2/c1-2-32-9-8-26-19(28-18(31)11-6-7-14(21)15(22)10-11)27-17-12-4-3-5-13(20(23,24)25)16(12)29-30-17/h11-17,29-30H,2-10H2,1H3,(H2,26,27,28,31). The molecule has 0 aromatic carbocycles. The molecule has 7 nitrogen and oxygen atoms in total. The molecule has 7 unspecified atom stereocenters. The predicted octanol–water partition coefficient (Wildman–Crippen LogP) is 2.34. The number of carbonyl (C=O) groups is 1. The minimum atomic E-state index is -4.30. The Labute approximate surface area is 184 Å². The Kier molecular flexibility index (Phi) is 8.68. The molecule has 3 rings (SSSR count). The van der Waals surface area contributed by atoms with Crippen molar-refractivity contribution in [2.45, 2.75) is 76.2 Å². The molecule has 1 heterocycles. The van der Waals surface area contributed by atoms with E-state index in [1.165, 1.54) is 0 Å². The average molecular weight is 469 g/mol. The van der Waals surface area contributed by atoms with Crippen molar-refractivity contribution in [3.05, 3.63) is 0 Å². The second kappa shape index (κ2) is 11.1. The van der Waals surface area contributed by atoms with Gasteiger partial charge in [0.05, 0.1) is 25.2 Å². The van der Waals surface area contributed by atoms with Crippen molar-refractivity contribution in [1.82, 2.24) is 21.5 Å². The summed E-state index contributed by atoms with van der Waals surface area (Å²) in [4.78, 5) is 16.9. The third-order valence-corrected chi connectivity index (χ3v) is 6.51. The highest BCUT2D eigenvalue weighted by atomic mass is 19.4. The number of fused-ring (bicyclic) bond motifs is 1. The Morgan fingerprint density at radius 3 is 2.59 bits per heavy atom.